The summed E-state index contributed by atoms with van der Waals surface area (Å²) in [5, 5.41) is 1.72. The minimum absolute atomic E-state index is 0.243. The molecule has 3 unspecified atom stereocenters. The number of nitrogens with zero attached hydrogens (tertiary/aromatic N) is 2. The molecular formula is C24H19BrN2O3. The molecule has 0 N–H and O–H groups in total. The van der Waals surface area contributed by atoms with E-state index in [0.717, 1.165) is 21.3 Å². The lowest BCUT2D eigenvalue weighted by Gasteiger charge is -2.28. The van der Waals surface area contributed by atoms with Crippen LogP contribution in [0.15, 0.2) is 83.3 Å². The number of fused-ring (bicyclic) bond motifs is 1. The average Bonchev–Trinajstić information content (AvgIpc) is 3.26. The van der Waals surface area contributed by atoms with Gasteiger partial charge in [0, 0.05) is 4.47 Å². The van der Waals surface area contributed by atoms with E-state index in [2.05, 4.69) is 15.9 Å². The van der Waals surface area contributed by atoms with Gasteiger partial charge in [-0.2, -0.15) is 0 Å². The van der Waals surface area contributed by atoms with Crippen LogP contribution in [-0.2, 0) is 14.4 Å². The summed E-state index contributed by atoms with van der Waals surface area (Å²) in [7, 11) is 0. The number of hydrogen-bond acceptors (Lipinski definition) is 4. The molecule has 0 spiro atoms. The standard InChI is InChI=1S/C24H19BrN2O3/c1-15-10-12-16(13-11-15)21-20-22(30-27(21)18-7-3-2-4-8-18)24(29)26(23(20)28)19-9-5-6-17(25)14-19/h2-14,20-22H,1H3. The second-order valence-corrected chi connectivity index (χ2v) is 8.48. The van der Waals surface area contributed by atoms with E-state index in [1.165, 1.54) is 4.90 Å². The monoisotopic (exact) mass is 462 g/mol. The largest absolute Gasteiger partial charge is 0.273 e. The number of rotatable bonds is 3. The van der Waals surface area contributed by atoms with Crippen LogP contribution in [0.3, 0.4) is 0 Å². The van der Waals surface area contributed by atoms with Crippen LogP contribution in [0, 0.1) is 12.8 Å². The highest BCUT2D eigenvalue weighted by atomic mass is 79.9. The Kier molecular flexibility index (Phi) is 4.68. The van der Waals surface area contributed by atoms with E-state index in [0.29, 0.717) is 5.69 Å². The van der Waals surface area contributed by atoms with Crippen LogP contribution in [-0.4, -0.2) is 17.9 Å². The maximum absolute atomic E-state index is 13.5. The Morgan fingerprint density at radius 2 is 1.53 bits per heavy atom. The van der Waals surface area contributed by atoms with Crippen LogP contribution in [0.4, 0.5) is 11.4 Å². The molecule has 30 heavy (non-hydrogen) atoms. The fourth-order valence-corrected chi connectivity index (χ4v) is 4.57. The Morgan fingerprint density at radius 3 is 2.23 bits per heavy atom. The lowest BCUT2D eigenvalue weighted by molar-refractivity contribution is -0.126. The van der Waals surface area contributed by atoms with E-state index in [1.54, 1.807) is 17.2 Å². The second kappa shape index (κ2) is 7.38. The van der Waals surface area contributed by atoms with Crippen LogP contribution in [0.25, 0.3) is 0 Å². The summed E-state index contributed by atoms with van der Waals surface area (Å²) in [6.07, 6.45) is -0.858. The molecule has 3 aromatic carbocycles. The van der Waals surface area contributed by atoms with E-state index < -0.39 is 18.1 Å². The van der Waals surface area contributed by atoms with E-state index in [4.69, 9.17) is 4.84 Å². The molecule has 2 aliphatic heterocycles. The number of carbonyl (C=O) groups excluding carboxylic acids is 2. The number of imide groups is 1. The predicted molar refractivity (Wildman–Crippen MR) is 118 cm³/mol. The molecule has 5 rings (SSSR count). The van der Waals surface area contributed by atoms with Gasteiger partial charge in [0.05, 0.1) is 17.4 Å². The van der Waals surface area contributed by atoms with Gasteiger partial charge in [0.15, 0.2) is 6.10 Å². The van der Waals surface area contributed by atoms with Gasteiger partial charge in [0.25, 0.3) is 5.91 Å². The molecule has 2 amide bonds. The van der Waals surface area contributed by atoms with Gasteiger partial charge in [-0.15, -0.1) is 0 Å². The van der Waals surface area contributed by atoms with Crippen LogP contribution < -0.4 is 9.96 Å². The number of anilines is 2. The third-order valence-corrected chi connectivity index (χ3v) is 6.10. The maximum atomic E-state index is 13.5. The first-order chi connectivity index (χ1) is 14.5. The van der Waals surface area contributed by atoms with Crippen LogP contribution in [0.5, 0.6) is 0 Å². The quantitative estimate of drug-likeness (QED) is 0.524. The smallest absolute Gasteiger partial charge is 0.266 e. The molecule has 0 aromatic heterocycles. The van der Waals surface area contributed by atoms with Crippen molar-refractivity contribution >= 4 is 39.1 Å². The Bertz CT molecular complexity index is 1120. The summed E-state index contributed by atoms with van der Waals surface area (Å²) >= 11 is 3.42. The van der Waals surface area contributed by atoms with Gasteiger partial charge in [-0.25, -0.2) is 9.96 Å². The Labute approximate surface area is 183 Å². The number of amides is 2. The molecular weight excluding hydrogens is 444 g/mol. The number of benzene rings is 3. The molecule has 0 aliphatic carbocycles. The van der Waals surface area contributed by atoms with Crippen molar-refractivity contribution in [3.63, 3.8) is 0 Å². The highest BCUT2D eigenvalue weighted by molar-refractivity contribution is 9.10. The SMILES string of the molecule is Cc1ccc(C2C3C(=O)N(c4cccc(Br)c4)C(=O)C3ON2c2ccccc2)cc1. The summed E-state index contributed by atoms with van der Waals surface area (Å²) in [5.41, 5.74) is 3.43. The first kappa shape index (κ1) is 19.0. The first-order valence-electron chi connectivity index (χ1n) is 9.75. The summed E-state index contributed by atoms with van der Waals surface area (Å²) in [6.45, 7) is 2.02. The molecule has 2 fully saturated rings. The number of aryl methyl sites for hydroxylation is 1. The van der Waals surface area contributed by atoms with E-state index >= 15 is 0 Å². The second-order valence-electron chi connectivity index (χ2n) is 7.56. The van der Waals surface area contributed by atoms with Crippen molar-refractivity contribution in [2.45, 2.75) is 19.1 Å². The zero-order chi connectivity index (χ0) is 20.8. The van der Waals surface area contributed by atoms with E-state index in [9.17, 15) is 9.59 Å². The van der Waals surface area contributed by atoms with Crippen molar-refractivity contribution in [3.05, 3.63) is 94.5 Å². The maximum Gasteiger partial charge on any atom is 0.266 e. The highest BCUT2D eigenvalue weighted by Crippen LogP contribution is 2.47. The zero-order valence-corrected chi connectivity index (χ0v) is 17.8. The molecule has 0 radical (unpaired) electrons. The molecule has 2 aliphatic rings. The third kappa shape index (κ3) is 3.04. The summed E-state index contributed by atoms with van der Waals surface area (Å²) in [6, 6.07) is 24.4. The Morgan fingerprint density at radius 1 is 0.833 bits per heavy atom. The number of para-hydroxylation sites is 1. The van der Waals surface area contributed by atoms with Crippen molar-refractivity contribution in [2.75, 3.05) is 9.96 Å². The van der Waals surface area contributed by atoms with Gasteiger partial charge >= 0.3 is 0 Å². The van der Waals surface area contributed by atoms with Crippen LogP contribution >= 0.6 is 15.9 Å². The average molecular weight is 463 g/mol. The van der Waals surface area contributed by atoms with Crippen molar-refractivity contribution in [1.82, 2.24) is 0 Å². The normalized spacial score (nSPS) is 23.2. The fourth-order valence-electron chi connectivity index (χ4n) is 4.19. The van der Waals surface area contributed by atoms with Crippen LogP contribution in [0.1, 0.15) is 17.2 Å². The zero-order valence-electron chi connectivity index (χ0n) is 16.2. The molecule has 5 nitrogen and oxygen atoms in total. The Balaban J connectivity index is 1.59. The Hall–Kier alpha value is -2.96. The molecule has 3 aromatic rings. The molecule has 3 atom stereocenters. The first-order valence-corrected chi connectivity index (χ1v) is 10.5. The van der Waals surface area contributed by atoms with E-state index in [-0.39, 0.29) is 11.8 Å². The van der Waals surface area contributed by atoms with Gasteiger partial charge in [-0.3, -0.25) is 14.4 Å². The molecule has 2 heterocycles. The number of hydroxylamine groups is 1. The lowest BCUT2D eigenvalue weighted by atomic mass is 9.90. The molecule has 0 saturated carbocycles. The summed E-state index contributed by atoms with van der Waals surface area (Å²) < 4.78 is 0.805. The van der Waals surface area contributed by atoms with Crippen molar-refractivity contribution in [2.24, 2.45) is 5.92 Å². The molecule has 6 heteroatoms. The minimum atomic E-state index is -0.858. The van der Waals surface area contributed by atoms with Gasteiger partial charge in [0.2, 0.25) is 5.91 Å². The summed E-state index contributed by atoms with van der Waals surface area (Å²) in [4.78, 5) is 34.2. The number of halogens is 1. The van der Waals surface area contributed by atoms with Gasteiger partial charge in [0.1, 0.15) is 5.92 Å². The number of carbonyl (C=O) groups is 2. The topological polar surface area (TPSA) is 49.9 Å². The highest BCUT2D eigenvalue weighted by Gasteiger charge is 2.60. The fraction of sp³-hybridized carbons (Fsp3) is 0.167. The predicted octanol–water partition coefficient (Wildman–Crippen LogP) is 4.81. The lowest BCUT2D eigenvalue weighted by Crippen LogP contribution is -2.37. The van der Waals surface area contributed by atoms with Gasteiger partial charge in [-0.05, 0) is 42.8 Å². The van der Waals surface area contributed by atoms with E-state index in [1.807, 2.05) is 73.7 Å². The van der Waals surface area contributed by atoms with Crippen molar-refractivity contribution < 1.29 is 14.4 Å². The molecule has 0 bridgehead atoms. The number of hydrogen-bond donors (Lipinski definition) is 0. The van der Waals surface area contributed by atoms with Crippen molar-refractivity contribution in [3.8, 4) is 0 Å². The minimum Gasteiger partial charge on any atom is -0.273 e. The van der Waals surface area contributed by atoms with Gasteiger partial charge < -0.3 is 0 Å². The summed E-state index contributed by atoms with van der Waals surface area (Å²) in [5.74, 6) is -1.20. The van der Waals surface area contributed by atoms with Crippen molar-refractivity contribution in [1.29, 1.82) is 0 Å². The third-order valence-electron chi connectivity index (χ3n) is 5.61. The van der Waals surface area contributed by atoms with Gasteiger partial charge in [-0.1, -0.05) is 70.0 Å². The molecule has 2 saturated heterocycles. The molecule has 150 valence electrons. The van der Waals surface area contributed by atoms with Crippen LogP contribution in [0.2, 0.25) is 0 Å².